The van der Waals surface area contributed by atoms with Crippen LogP contribution in [0.4, 0.5) is 5.69 Å². The molecule has 1 amide bonds. The largest absolute Gasteiger partial charge is 0.325 e. The second kappa shape index (κ2) is 5.31. The van der Waals surface area contributed by atoms with E-state index < -0.39 is 0 Å². The molecule has 0 saturated carbocycles. The van der Waals surface area contributed by atoms with Crippen LogP contribution in [-0.4, -0.2) is 5.91 Å². The van der Waals surface area contributed by atoms with E-state index in [1.807, 2.05) is 26.8 Å². The summed E-state index contributed by atoms with van der Waals surface area (Å²) >= 11 is 3.46. The Morgan fingerprint density at radius 3 is 2.60 bits per heavy atom. The number of aryl methyl sites for hydroxylation is 2. The normalized spacial score (nSPS) is 10.1. The lowest BCUT2D eigenvalue weighted by molar-refractivity contribution is -0.116. The summed E-state index contributed by atoms with van der Waals surface area (Å²) in [6.45, 7) is 6.03. The van der Waals surface area contributed by atoms with E-state index in [0.29, 0.717) is 6.42 Å². The highest BCUT2D eigenvalue weighted by atomic mass is 79.9. The van der Waals surface area contributed by atoms with E-state index in [1.54, 1.807) is 0 Å². The molecule has 0 spiro atoms. The van der Waals surface area contributed by atoms with Gasteiger partial charge in [0, 0.05) is 10.9 Å². The molecular weight excluding hydrogens is 254 g/mol. The summed E-state index contributed by atoms with van der Waals surface area (Å²) in [5, 5.41) is 2.92. The molecular formula is C12H16BrNO. The van der Waals surface area contributed by atoms with Crippen molar-refractivity contribution in [3.05, 3.63) is 27.7 Å². The first kappa shape index (κ1) is 12.2. The summed E-state index contributed by atoms with van der Waals surface area (Å²) in [5.41, 5.74) is 3.17. The van der Waals surface area contributed by atoms with Gasteiger partial charge in [0.15, 0.2) is 0 Å². The predicted molar refractivity (Wildman–Crippen MR) is 67.2 cm³/mol. The van der Waals surface area contributed by atoms with Crippen molar-refractivity contribution in [3.8, 4) is 0 Å². The fourth-order valence-corrected chi connectivity index (χ4v) is 2.28. The van der Waals surface area contributed by atoms with E-state index in [-0.39, 0.29) is 5.91 Å². The standard InChI is InChI=1S/C12H16BrNO/c1-4-5-11(15)14-12-9(3)6-8(2)7-10(12)13/h6-7H,4-5H2,1-3H3,(H,14,15). The summed E-state index contributed by atoms with van der Waals surface area (Å²) < 4.78 is 0.949. The van der Waals surface area contributed by atoms with Crippen LogP contribution < -0.4 is 5.32 Å². The van der Waals surface area contributed by atoms with Gasteiger partial charge in [-0.3, -0.25) is 4.79 Å². The molecule has 0 bridgehead atoms. The van der Waals surface area contributed by atoms with E-state index in [1.165, 1.54) is 5.56 Å². The van der Waals surface area contributed by atoms with Crippen molar-refractivity contribution in [3.63, 3.8) is 0 Å². The summed E-state index contributed by atoms with van der Waals surface area (Å²) in [5.74, 6) is 0.0742. The lowest BCUT2D eigenvalue weighted by atomic mass is 10.1. The first-order valence-corrected chi connectivity index (χ1v) is 5.90. The number of hydrogen-bond donors (Lipinski definition) is 1. The Hall–Kier alpha value is -0.830. The number of carbonyl (C=O) groups is 1. The van der Waals surface area contributed by atoms with E-state index in [9.17, 15) is 4.79 Å². The SMILES string of the molecule is CCCC(=O)Nc1c(C)cc(C)cc1Br. The first-order valence-electron chi connectivity index (χ1n) is 5.11. The number of amides is 1. The molecule has 0 fully saturated rings. The molecule has 1 N–H and O–H groups in total. The number of rotatable bonds is 3. The minimum Gasteiger partial charge on any atom is -0.325 e. The highest BCUT2D eigenvalue weighted by molar-refractivity contribution is 9.10. The van der Waals surface area contributed by atoms with Crippen LogP contribution in [0.5, 0.6) is 0 Å². The van der Waals surface area contributed by atoms with E-state index in [2.05, 4.69) is 27.3 Å². The van der Waals surface area contributed by atoms with Crippen LogP contribution in [0.15, 0.2) is 16.6 Å². The van der Waals surface area contributed by atoms with Gasteiger partial charge in [-0.15, -0.1) is 0 Å². The van der Waals surface area contributed by atoms with Crippen LogP contribution in [-0.2, 0) is 4.79 Å². The van der Waals surface area contributed by atoms with Crippen LogP contribution in [0.2, 0.25) is 0 Å². The minimum atomic E-state index is 0.0742. The molecule has 0 atom stereocenters. The first-order chi connectivity index (χ1) is 7.04. The van der Waals surface area contributed by atoms with Gasteiger partial charge in [0.05, 0.1) is 5.69 Å². The maximum atomic E-state index is 11.5. The average Bonchev–Trinajstić information content (AvgIpc) is 2.11. The van der Waals surface area contributed by atoms with Crippen LogP contribution in [0.1, 0.15) is 30.9 Å². The summed E-state index contributed by atoms with van der Waals surface area (Å²) in [7, 11) is 0. The van der Waals surface area contributed by atoms with Gasteiger partial charge in [0.25, 0.3) is 0 Å². The number of carbonyl (C=O) groups excluding carboxylic acids is 1. The summed E-state index contributed by atoms with van der Waals surface area (Å²) in [6, 6.07) is 4.07. The van der Waals surface area contributed by atoms with Crippen LogP contribution >= 0.6 is 15.9 Å². The molecule has 0 heterocycles. The van der Waals surface area contributed by atoms with Crippen molar-refractivity contribution in [1.82, 2.24) is 0 Å². The van der Waals surface area contributed by atoms with Crippen molar-refractivity contribution in [1.29, 1.82) is 0 Å². The zero-order valence-corrected chi connectivity index (χ0v) is 10.9. The fraction of sp³-hybridized carbons (Fsp3) is 0.417. The van der Waals surface area contributed by atoms with Gasteiger partial charge in [-0.05, 0) is 53.4 Å². The zero-order valence-electron chi connectivity index (χ0n) is 9.36. The zero-order chi connectivity index (χ0) is 11.4. The number of nitrogens with one attached hydrogen (secondary N) is 1. The fourth-order valence-electron chi connectivity index (χ4n) is 1.50. The molecule has 1 rings (SSSR count). The molecule has 0 aliphatic heterocycles. The molecule has 15 heavy (non-hydrogen) atoms. The molecule has 0 aliphatic carbocycles. The number of anilines is 1. The molecule has 1 aromatic carbocycles. The third-order valence-corrected chi connectivity index (χ3v) is 2.80. The number of hydrogen-bond acceptors (Lipinski definition) is 1. The molecule has 1 aromatic rings. The molecule has 2 nitrogen and oxygen atoms in total. The number of benzene rings is 1. The average molecular weight is 270 g/mol. The maximum Gasteiger partial charge on any atom is 0.224 e. The Morgan fingerprint density at radius 1 is 1.40 bits per heavy atom. The van der Waals surface area contributed by atoms with Crippen LogP contribution in [0.25, 0.3) is 0 Å². The second-order valence-corrected chi connectivity index (χ2v) is 4.59. The van der Waals surface area contributed by atoms with Gasteiger partial charge >= 0.3 is 0 Å². The van der Waals surface area contributed by atoms with Crippen LogP contribution in [0, 0.1) is 13.8 Å². The quantitative estimate of drug-likeness (QED) is 0.889. The predicted octanol–water partition coefficient (Wildman–Crippen LogP) is 3.80. The van der Waals surface area contributed by atoms with Crippen LogP contribution in [0.3, 0.4) is 0 Å². The lowest BCUT2D eigenvalue weighted by Crippen LogP contribution is -2.12. The van der Waals surface area contributed by atoms with Crippen molar-refractivity contribution < 1.29 is 4.79 Å². The van der Waals surface area contributed by atoms with Gasteiger partial charge in [0.1, 0.15) is 0 Å². The molecule has 0 saturated heterocycles. The third-order valence-electron chi connectivity index (χ3n) is 2.17. The Bertz CT molecular complexity index is 351. The lowest BCUT2D eigenvalue weighted by Gasteiger charge is -2.11. The molecule has 0 aliphatic rings. The van der Waals surface area contributed by atoms with Crippen molar-refractivity contribution in [2.75, 3.05) is 5.32 Å². The van der Waals surface area contributed by atoms with Gasteiger partial charge in [-0.1, -0.05) is 13.0 Å². The van der Waals surface area contributed by atoms with E-state index >= 15 is 0 Å². The molecule has 0 aromatic heterocycles. The van der Waals surface area contributed by atoms with Crippen molar-refractivity contribution in [2.45, 2.75) is 33.6 Å². The highest BCUT2D eigenvalue weighted by Crippen LogP contribution is 2.27. The van der Waals surface area contributed by atoms with Crippen molar-refractivity contribution in [2.24, 2.45) is 0 Å². The van der Waals surface area contributed by atoms with Gasteiger partial charge in [-0.2, -0.15) is 0 Å². The maximum absolute atomic E-state index is 11.5. The summed E-state index contributed by atoms with van der Waals surface area (Å²) in [6.07, 6.45) is 1.44. The van der Waals surface area contributed by atoms with Gasteiger partial charge in [-0.25, -0.2) is 0 Å². The Morgan fingerprint density at radius 2 is 2.07 bits per heavy atom. The van der Waals surface area contributed by atoms with E-state index in [0.717, 1.165) is 22.1 Å². The Balaban J connectivity index is 2.90. The van der Waals surface area contributed by atoms with E-state index in [4.69, 9.17) is 0 Å². The molecule has 3 heteroatoms. The second-order valence-electron chi connectivity index (χ2n) is 3.74. The monoisotopic (exact) mass is 269 g/mol. The highest BCUT2D eigenvalue weighted by Gasteiger charge is 2.07. The van der Waals surface area contributed by atoms with Gasteiger partial charge < -0.3 is 5.32 Å². The topological polar surface area (TPSA) is 29.1 Å². The van der Waals surface area contributed by atoms with Crippen molar-refractivity contribution >= 4 is 27.5 Å². The summed E-state index contributed by atoms with van der Waals surface area (Å²) in [4.78, 5) is 11.5. The minimum absolute atomic E-state index is 0.0742. The Kier molecular flexibility index (Phi) is 4.33. The molecule has 82 valence electrons. The third kappa shape index (κ3) is 3.34. The number of halogens is 1. The van der Waals surface area contributed by atoms with Gasteiger partial charge in [0.2, 0.25) is 5.91 Å². The molecule has 0 radical (unpaired) electrons. The smallest absolute Gasteiger partial charge is 0.224 e. The Labute approximate surface area is 99.2 Å². The molecule has 0 unspecified atom stereocenters.